The van der Waals surface area contributed by atoms with Gasteiger partial charge in [-0.1, -0.05) is 17.7 Å². The van der Waals surface area contributed by atoms with Gasteiger partial charge in [-0.3, -0.25) is 9.59 Å². The lowest BCUT2D eigenvalue weighted by Gasteiger charge is -2.23. The van der Waals surface area contributed by atoms with Gasteiger partial charge in [-0.05, 0) is 25.5 Å². The standard InChI is InChI=1S/C13H16N2O2/c1-9-2-4-10(5-3-9)13(17)15-11-6-7-12(16)14-8-11/h2-5,11H,6-8H2,1H3,(H,14,16)(H,15,17). The summed E-state index contributed by atoms with van der Waals surface area (Å²) in [6.07, 6.45) is 1.20. The second kappa shape index (κ2) is 4.99. The number of carbonyl (C=O) groups excluding carboxylic acids is 2. The third kappa shape index (κ3) is 3.06. The Hall–Kier alpha value is -1.84. The summed E-state index contributed by atoms with van der Waals surface area (Å²) in [6.45, 7) is 2.51. The molecule has 2 rings (SSSR count). The Kier molecular flexibility index (Phi) is 3.42. The number of benzene rings is 1. The van der Waals surface area contributed by atoms with E-state index >= 15 is 0 Å². The molecule has 1 aromatic rings. The number of hydrogen-bond acceptors (Lipinski definition) is 2. The monoisotopic (exact) mass is 232 g/mol. The van der Waals surface area contributed by atoms with E-state index in [0.29, 0.717) is 24.9 Å². The van der Waals surface area contributed by atoms with Crippen LogP contribution in [0.5, 0.6) is 0 Å². The molecular weight excluding hydrogens is 216 g/mol. The van der Waals surface area contributed by atoms with E-state index in [9.17, 15) is 9.59 Å². The molecular formula is C13H16N2O2. The van der Waals surface area contributed by atoms with Crippen molar-refractivity contribution in [3.63, 3.8) is 0 Å². The molecule has 17 heavy (non-hydrogen) atoms. The zero-order chi connectivity index (χ0) is 12.3. The number of nitrogens with one attached hydrogen (secondary N) is 2. The van der Waals surface area contributed by atoms with Gasteiger partial charge < -0.3 is 10.6 Å². The van der Waals surface area contributed by atoms with Crippen LogP contribution in [-0.2, 0) is 4.79 Å². The van der Waals surface area contributed by atoms with Crippen LogP contribution in [0.1, 0.15) is 28.8 Å². The van der Waals surface area contributed by atoms with E-state index in [0.717, 1.165) is 5.56 Å². The molecule has 1 atom stereocenters. The smallest absolute Gasteiger partial charge is 0.251 e. The number of piperidine rings is 1. The molecule has 2 amide bonds. The van der Waals surface area contributed by atoms with Gasteiger partial charge in [0.05, 0.1) is 0 Å². The van der Waals surface area contributed by atoms with Crippen molar-refractivity contribution in [2.24, 2.45) is 0 Å². The molecule has 90 valence electrons. The minimum atomic E-state index is -0.0776. The van der Waals surface area contributed by atoms with Gasteiger partial charge in [0.2, 0.25) is 5.91 Å². The molecule has 1 unspecified atom stereocenters. The van der Waals surface area contributed by atoms with Gasteiger partial charge in [0.25, 0.3) is 5.91 Å². The second-order valence-electron chi connectivity index (χ2n) is 4.38. The summed E-state index contributed by atoms with van der Waals surface area (Å²) in [4.78, 5) is 22.9. The molecule has 1 aromatic carbocycles. The number of carbonyl (C=O) groups is 2. The summed E-state index contributed by atoms with van der Waals surface area (Å²) in [5.74, 6) is -0.0167. The topological polar surface area (TPSA) is 58.2 Å². The first-order valence-corrected chi connectivity index (χ1v) is 5.79. The van der Waals surface area contributed by atoms with Crippen molar-refractivity contribution in [1.29, 1.82) is 0 Å². The lowest BCUT2D eigenvalue weighted by molar-refractivity contribution is -0.122. The molecule has 1 aliphatic heterocycles. The van der Waals surface area contributed by atoms with Gasteiger partial charge in [-0.25, -0.2) is 0 Å². The van der Waals surface area contributed by atoms with E-state index in [-0.39, 0.29) is 17.9 Å². The molecule has 0 aromatic heterocycles. The van der Waals surface area contributed by atoms with Crippen molar-refractivity contribution in [3.05, 3.63) is 35.4 Å². The van der Waals surface area contributed by atoms with Gasteiger partial charge in [0.1, 0.15) is 0 Å². The van der Waals surface area contributed by atoms with Crippen LogP contribution in [0.15, 0.2) is 24.3 Å². The third-order valence-electron chi connectivity index (χ3n) is 2.91. The van der Waals surface area contributed by atoms with E-state index in [1.165, 1.54) is 0 Å². The summed E-state index contributed by atoms with van der Waals surface area (Å²) in [6, 6.07) is 7.49. The Labute approximate surface area is 100 Å². The summed E-state index contributed by atoms with van der Waals surface area (Å²) >= 11 is 0. The highest BCUT2D eigenvalue weighted by atomic mass is 16.2. The summed E-state index contributed by atoms with van der Waals surface area (Å²) in [7, 11) is 0. The highest BCUT2D eigenvalue weighted by molar-refractivity contribution is 5.94. The van der Waals surface area contributed by atoms with E-state index in [1.54, 1.807) is 0 Å². The third-order valence-corrected chi connectivity index (χ3v) is 2.91. The van der Waals surface area contributed by atoms with Crippen molar-refractivity contribution in [2.45, 2.75) is 25.8 Å². The largest absolute Gasteiger partial charge is 0.354 e. The van der Waals surface area contributed by atoms with Crippen LogP contribution in [0.3, 0.4) is 0 Å². The van der Waals surface area contributed by atoms with E-state index in [2.05, 4.69) is 10.6 Å². The van der Waals surface area contributed by atoms with Gasteiger partial charge in [-0.2, -0.15) is 0 Å². The predicted molar refractivity (Wildman–Crippen MR) is 64.7 cm³/mol. The second-order valence-corrected chi connectivity index (χ2v) is 4.38. The van der Waals surface area contributed by atoms with Crippen LogP contribution in [0, 0.1) is 6.92 Å². The van der Waals surface area contributed by atoms with Crippen LogP contribution >= 0.6 is 0 Å². The van der Waals surface area contributed by atoms with Crippen LogP contribution in [0.25, 0.3) is 0 Å². The molecule has 4 nitrogen and oxygen atoms in total. The lowest BCUT2D eigenvalue weighted by Crippen LogP contribution is -2.47. The van der Waals surface area contributed by atoms with Crippen LogP contribution in [0.4, 0.5) is 0 Å². The van der Waals surface area contributed by atoms with E-state index in [4.69, 9.17) is 0 Å². The van der Waals surface area contributed by atoms with Crippen LogP contribution in [0.2, 0.25) is 0 Å². The molecule has 1 saturated heterocycles. The van der Waals surface area contributed by atoms with Crippen LogP contribution in [-0.4, -0.2) is 24.4 Å². The van der Waals surface area contributed by atoms with Crippen molar-refractivity contribution < 1.29 is 9.59 Å². The minimum absolute atomic E-state index is 0.0431. The predicted octanol–water partition coefficient (Wildman–Crippen LogP) is 1.00. The highest BCUT2D eigenvalue weighted by Crippen LogP contribution is 2.06. The van der Waals surface area contributed by atoms with E-state index < -0.39 is 0 Å². The van der Waals surface area contributed by atoms with Crippen molar-refractivity contribution in [1.82, 2.24) is 10.6 Å². The van der Waals surface area contributed by atoms with Gasteiger partial charge in [0.15, 0.2) is 0 Å². The Morgan fingerprint density at radius 1 is 1.35 bits per heavy atom. The molecule has 0 bridgehead atoms. The molecule has 2 N–H and O–H groups in total. The number of amides is 2. The molecule has 4 heteroatoms. The van der Waals surface area contributed by atoms with Crippen molar-refractivity contribution in [2.75, 3.05) is 6.54 Å². The first-order chi connectivity index (χ1) is 8.15. The minimum Gasteiger partial charge on any atom is -0.354 e. The number of rotatable bonds is 2. The zero-order valence-corrected chi connectivity index (χ0v) is 9.82. The fraction of sp³-hybridized carbons (Fsp3) is 0.385. The Morgan fingerprint density at radius 3 is 2.65 bits per heavy atom. The molecule has 1 fully saturated rings. The number of aryl methyl sites for hydroxylation is 1. The summed E-state index contributed by atoms with van der Waals surface area (Å²) in [5.41, 5.74) is 1.79. The maximum atomic E-state index is 11.9. The Balaban J connectivity index is 1.93. The zero-order valence-electron chi connectivity index (χ0n) is 9.82. The molecule has 0 aliphatic carbocycles. The first kappa shape index (κ1) is 11.6. The van der Waals surface area contributed by atoms with Gasteiger partial charge in [0, 0.05) is 24.6 Å². The summed E-state index contributed by atoms with van der Waals surface area (Å²) < 4.78 is 0. The quantitative estimate of drug-likeness (QED) is 0.799. The number of hydrogen-bond donors (Lipinski definition) is 2. The molecule has 0 spiro atoms. The molecule has 0 saturated carbocycles. The first-order valence-electron chi connectivity index (χ1n) is 5.79. The average Bonchev–Trinajstić information content (AvgIpc) is 2.33. The van der Waals surface area contributed by atoms with Crippen molar-refractivity contribution >= 4 is 11.8 Å². The van der Waals surface area contributed by atoms with Gasteiger partial charge in [-0.15, -0.1) is 0 Å². The van der Waals surface area contributed by atoms with E-state index in [1.807, 2.05) is 31.2 Å². The Morgan fingerprint density at radius 2 is 2.06 bits per heavy atom. The van der Waals surface area contributed by atoms with Crippen molar-refractivity contribution in [3.8, 4) is 0 Å². The average molecular weight is 232 g/mol. The molecule has 1 heterocycles. The Bertz CT molecular complexity index is 416. The fourth-order valence-electron chi connectivity index (χ4n) is 1.83. The lowest BCUT2D eigenvalue weighted by atomic mass is 10.1. The maximum Gasteiger partial charge on any atom is 0.251 e. The normalized spacial score (nSPS) is 19.6. The fourth-order valence-corrected chi connectivity index (χ4v) is 1.83. The maximum absolute atomic E-state index is 11.9. The van der Waals surface area contributed by atoms with Gasteiger partial charge >= 0.3 is 0 Å². The molecule has 0 radical (unpaired) electrons. The summed E-state index contributed by atoms with van der Waals surface area (Å²) in [5, 5.41) is 5.67. The SMILES string of the molecule is Cc1ccc(C(=O)NC2CCC(=O)NC2)cc1. The highest BCUT2D eigenvalue weighted by Gasteiger charge is 2.19. The molecule has 1 aliphatic rings. The van der Waals surface area contributed by atoms with Crippen LogP contribution < -0.4 is 10.6 Å².